The Morgan fingerprint density at radius 3 is 1.13 bits per heavy atom. The highest BCUT2D eigenvalue weighted by Crippen LogP contribution is 2.38. The van der Waals surface area contributed by atoms with Crippen molar-refractivity contribution in [2.45, 2.75) is 0 Å². The maximum atomic E-state index is 13.1. The topological polar surface area (TPSA) is 121 Å². The number of nitro groups is 1. The summed E-state index contributed by atoms with van der Waals surface area (Å²) in [6.07, 6.45) is 0. The first-order valence-electron chi connectivity index (χ1n) is 13.8. The van der Waals surface area contributed by atoms with Gasteiger partial charge in [0.15, 0.2) is 0 Å². The summed E-state index contributed by atoms with van der Waals surface area (Å²) in [5, 5.41) is 11.3. The van der Waals surface area contributed by atoms with Gasteiger partial charge in [0.1, 0.15) is 29.0 Å². The van der Waals surface area contributed by atoms with E-state index in [1.807, 2.05) is 6.07 Å². The molecule has 0 atom stereocenters. The zero-order chi connectivity index (χ0) is 33.0. The number of nitrogen functional groups attached to an aromatic ring is 3. The van der Waals surface area contributed by atoms with Crippen molar-refractivity contribution in [3.8, 4) is 44.5 Å². The van der Waals surface area contributed by atoms with E-state index >= 15 is 0 Å². The quantitative estimate of drug-likeness (QED) is 0.0766. The molecule has 0 aliphatic carbocycles. The van der Waals surface area contributed by atoms with Crippen LogP contribution in [0.1, 0.15) is 0 Å². The first kappa shape index (κ1) is 31.3. The largest absolute Gasteiger partial charge is 0.397 e. The second-order valence-electron chi connectivity index (χ2n) is 10.3. The van der Waals surface area contributed by atoms with Gasteiger partial charge >= 0.3 is 0 Å². The standard InChI is InChI=1S/C18H12F2N2O2.C18H14F2N2/c19-14-5-1-11(2-6-14)13-9-16(12-3-7-15(20)8-4-12)18(21)17(10-13)22(23)24;19-14-5-1-11(2-6-14)13-9-16(18(22)17(21)10-13)12-3-7-15(20)8-4-12/h1-10H,21H2;1-10H,21-22H2. The molecule has 0 radical (unpaired) electrons. The van der Waals surface area contributed by atoms with Crippen LogP contribution in [0.15, 0.2) is 121 Å². The van der Waals surface area contributed by atoms with Crippen LogP contribution in [-0.4, -0.2) is 4.92 Å². The van der Waals surface area contributed by atoms with Crippen molar-refractivity contribution in [1.82, 2.24) is 0 Å². The minimum atomic E-state index is -0.574. The lowest BCUT2D eigenvalue weighted by Crippen LogP contribution is -1.99. The van der Waals surface area contributed by atoms with E-state index < -0.39 is 16.6 Å². The Bertz CT molecular complexity index is 2020. The summed E-state index contributed by atoms with van der Waals surface area (Å²) in [5.74, 6) is -1.43. The van der Waals surface area contributed by atoms with Crippen molar-refractivity contribution >= 4 is 22.7 Å². The number of hydrogen-bond donors (Lipinski definition) is 3. The van der Waals surface area contributed by atoms with E-state index in [0.717, 1.165) is 22.3 Å². The minimum Gasteiger partial charge on any atom is -0.397 e. The first-order chi connectivity index (χ1) is 22.0. The minimum absolute atomic E-state index is 0.00234. The molecule has 0 bridgehead atoms. The van der Waals surface area contributed by atoms with Gasteiger partial charge in [0.05, 0.1) is 16.3 Å². The fraction of sp³-hybridized carbons (Fsp3) is 0. The summed E-state index contributed by atoms with van der Waals surface area (Å²) in [7, 11) is 0. The number of nitro benzene ring substituents is 1. The molecule has 0 unspecified atom stereocenters. The highest BCUT2D eigenvalue weighted by molar-refractivity contribution is 5.90. The number of anilines is 3. The number of rotatable bonds is 5. The van der Waals surface area contributed by atoms with Gasteiger partial charge in [-0.2, -0.15) is 0 Å². The van der Waals surface area contributed by atoms with Crippen LogP contribution >= 0.6 is 0 Å². The molecule has 230 valence electrons. The molecule has 6 aromatic rings. The van der Waals surface area contributed by atoms with Crippen LogP contribution in [0.25, 0.3) is 44.5 Å². The van der Waals surface area contributed by atoms with Crippen LogP contribution in [-0.2, 0) is 0 Å². The number of halogens is 4. The Balaban J connectivity index is 0.000000182. The van der Waals surface area contributed by atoms with Gasteiger partial charge in [0.25, 0.3) is 5.69 Å². The second-order valence-corrected chi connectivity index (χ2v) is 10.3. The summed E-state index contributed by atoms with van der Waals surface area (Å²) in [6, 6.07) is 29.9. The molecule has 6 N–H and O–H groups in total. The van der Waals surface area contributed by atoms with Gasteiger partial charge in [-0.1, -0.05) is 48.5 Å². The monoisotopic (exact) mass is 622 g/mol. The van der Waals surface area contributed by atoms with Gasteiger partial charge < -0.3 is 17.2 Å². The molecule has 0 aliphatic rings. The number of benzene rings is 6. The van der Waals surface area contributed by atoms with Crippen LogP contribution in [0.2, 0.25) is 0 Å². The molecule has 46 heavy (non-hydrogen) atoms. The van der Waals surface area contributed by atoms with Gasteiger partial charge in [0.2, 0.25) is 0 Å². The predicted molar refractivity (Wildman–Crippen MR) is 174 cm³/mol. The molecular formula is C36H26F4N4O2. The Hall–Kier alpha value is -6.16. The molecule has 0 aromatic heterocycles. The van der Waals surface area contributed by atoms with Gasteiger partial charge in [-0.05, 0) is 100 Å². The number of nitrogens with two attached hydrogens (primary N) is 3. The molecule has 6 aromatic carbocycles. The second kappa shape index (κ2) is 13.2. The molecule has 10 heteroatoms. The third-order valence-corrected chi connectivity index (χ3v) is 7.23. The highest BCUT2D eigenvalue weighted by Gasteiger charge is 2.19. The molecular weight excluding hydrogens is 596 g/mol. The summed E-state index contributed by atoms with van der Waals surface area (Å²) in [5.41, 5.74) is 23.8. The number of hydrogen-bond acceptors (Lipinski definition) is 5. The lowest BCUT2D eigenvalue weighted by atomic mass is 9.96. The van der Waals surface area contributed by atoms with E-state index in [4.69, 9.17) is 17.2 Å². The van der Waals surface area contributed by atoms with Crippen LogP contribution in [0, 0.1) is 33.4 Å². The zero-order valence-electron chi connectivity index (χ0n) is 24.1. The van der Waals surface area contributed by atoms with E-state index in [0.29, 0.717) is 33.6 Å². The zero-order valence-corrected chi connectivity index (χ0v) is 24.1. The van der Waals surface area contributed by atoms with Gasteiger partial charge in [-0.15, -0.1) is 0 Å². The van der Waals surface area contributed by atoms with E-state index in [9.17, 15) is 27.7 Å². The van der Waals surface area contributed by atoms with Crippen LogP contribution < -0.4 is 17.2 Å². The Morgan fingerprint density at radius 2 is 0.761 bits per heavy atom. The van der Waals surface area contributed by atoms with Crippen molar-refractivity contribution < 1.29 is 22.5 Å². The average Bonchev–Trinajstić information content (AvgIpc) is 3.04. The maximum Gasteiger partial charge on any atom is 0.293 e. The Kier molecular flexibility index (Phi) is 8.99. The van der Waals surface area contributed by atoms with Crippen molar-refractivity contribution in [2.75, 3.05) is 17.2 Å². The average molecular weight is 623 g/mol. The lowest BCUT2D eigenvalue weighted by molar-refractivity contribution is -0.383. The fourth-order valence-corrected chi connectivity index (χ4v) is 4.82. The van der Waals surface area contributed by atoms with Crippen molar-refractivity contribution in [3.05, 3.63) is 155 Å². The van der Waals surface area contributed by atoms with Crippen molar-refractivity contribution in [3.63, 3.8) is 0 Å². The third kappa shape index (κ3) is 6.97. The molecule has 6 rings (SSSR count). The summed E-state index contributed by atoms with van der Waals surface area (Å²) >= 11 is 0. The van der Waals surface area contributed by atoms with E-state index in [-0.39, 0.29) is 23.0 Å². The Morgan fingerprint density at radius 1 is 0.435 bits per heavy atom. The summed E-state index contributed by atoms with van der Waals surface area (Å²) in [4.78, 5) is 10.7. The van der Waals surface area contributed by atoms with Crippen LogP contribution in [0.5, 0.6) is 0 Å². The molecule has 0 saturated carbocycles. The van der Waals surface area contributed by atoms with Crippen LogP contribution in [0.4, 0.5) is 40.3 Å². The Labute approximate surface area is 261 Å². The van der Waals surface area contributed by atoms with E-state index in [1.165, 1.54) is 78.9 Å². The SMILES string of the molecule is Nc1c(-c2ccc(F)cc2)cc(-c2ccc(F)cc2)cc1[N+](=O)[O-].Nc1cc(-c2ccc(F)cc2)cc(-c2ccc(F)cc2)c1N. The summed E-state index contributed by atoms with van der Waals surface area (Å²) < 4.78 is 52.3. The third-order valence-electron chi connectivity index (χ3n) is 7.23. The lowest BCUT2D eigenvalue weighted by Gasteiger charge is -2.12. The van der Waals surface area contributed by atoms with Gasteiger partial charge in [-0.3, -0.25) is 10.1 Å². The summed E-state index contributed by atoms with van der Waals surface area (Å²) in [6.45, 7) is 0. The molecule has 0 spiro atoms. The number of nitrogens with zero attached hydrogens (tertiary/aromatic N) is 1. The molecule has 0 aliphatic heterocycles. The highest BCUT2D eigenvalue weighted by atomic mass is 19.1. The van der Waals surface area contributed by atoms with E-state index in [1.54, 1.807) is 36.4 Å². The molecule has 0 heterocycles. The maximum absolute atomic E-state index is 13.1. The van der Waals surface area contributed by atoms with Crippen molar-refractivity contribution in [2.24, 2.45) is 0 Å². The smallest absolute Gasteiger partial charge is 0.293 e. The molecule has 0 saturated heterocycles. The first-order valence-corrected chi connectivity index (χ1v) is 13.8. The fourth-order valence-electron chi connectivity index (χ4n) is 4.82. The van der Waals surface area contributed by atoms with E-state index in [2.05, 4.69) is 0 Å². The molecule has 6 nitrogen and oxygen atoms in total. The predicted octanol–water partition coefficient (Wildman–Crippen LogP) is 9.25. The van der Waals surface area contributed by atoms with Gasteiger partial charge in [-0.25, -0.2) is 17.6 Å². The van der Waals surface area contributed by atoms with Crippen molar-refractivity contribution in [1.29, 1.82) is 0 Å². The van der Waals surface area contributed by atoms with Crippen LogP contribution in [0.3, 0.4) is 0 Å². The molecule has 0 fully saturated rings. The normalized spacial score (nSPS) is 10.6. The van der Waals surface area contributed by atoms with Gasteiger partial charge in [0, 0.05) is 17.2 Å². The molecule has 0 amide bonds.